The number of hydrogen-bond donors (Lipinski definition) is 0. The highest BCUT2D eigenvalue weighted by Gasteiger charge is 1.74. The van der Waals surface area contributed by atoms with Gasteiger partial charge < -0.3 is 0 Å². The average Bonchev–Trinajstić information content (AvgIpc) is 1.94. The molecule has 2 heteroatoms. The van der Waals surface area contributed by atoms with Crippen LogP contribution in [-0.4, -0.2) is 10.2 Å². The number of rotatable bonds is 0. The molecule has 0 bridgehead atoms. The van der Waals surface area contributed by atoms with Gasteiger partial charge >= 0.3 is 0 Å². The first-order chi connectivity index (χ1) is 4.39. The molecule has 0 saturated heterocycles. The van der Waals surface area contributed by atoms with Crippen LogP contribution in [0.15, 0.2) is 31.5 Å². The Bertz CT molecular complexity index is 148. The van der Waals surface area contributed by atoms with Gasteiger partial charge in [-0.1, -0.05) is 0 Å². The van der Waals surface area contributed by atoms with Gasteiger partial charge in [-0.3, -0.25) is 0 Å². The summed E-state index contributed by atoms with van der Waals surface area (Å²) < 4.78 is 0. The fraction of sp³-hybridized carbons (Fsp3) is 0.143. The third kappa shape index (κ3) is 3.41. The van der Waals surface area contributed by atoms with Crippen molar-refractivity contribution in [1.82, 2.24) is 10.2 Å². The number of aromatic nitrogens is 2. The maximum absolute atomic E-state index is 3.73. The Balaban J connectivity index is 0.000000291. The summed E-state index contributed by atoms with van der Waals surface area (Å²) in [6.45, 7) is 7.91. The van der Waals surface area contributed by atoms with Gasteiger partial charge in [-0.05, 0) is 19.1 Å². The van der Waals surface area contributed by atoms with Crippen LogP contribution in [0.3, 0.4) is 0 Å². The third-order valence-electron chi connectivity index (χ3n) is 0.706. The number of hydrogen-bond acceptors (Lipinski definition) is 2. The van der Waals surface area contributed by atoms with Crippen molar-refractivity contribution in [2.75, 3.05) is 0 Å². The van der Waals surface area contributed by atoms with E-state index < -0.39 is 0 Å². The minimum atomic E-state index is 0.961. The van der Waals surface area contributed by atoms with Gasteiger partial charge in [0.25, 0.3) is 0 Å². The van der Waals surface area contributed by atoms with Gasteiger partial charge in [-0.25, -0.2) is 0 Å². The van der Waals surface area contributed by atoms with Crippen molar-refractivity contribution in [3.8, 4) is 0 Å². The van der Waals surface area contributed by atoms with Gasteiger partial charge in [-0.15, -0.1) is 13.2 Å². The number of nitrogens with zero attached hydrogens (tertiary/aromatic N) is 2. The van der Waals surface area contributed by atoms with Gasteiger partial charge in [0.15, 0.2) is 0 Å². The lowest BCUT2D eigenvalue weighted by molar-refractivity contribution is 0.980. The van der Waals surface area contributed by atoms with E-state index in [0.29, 0.717) is 0 Å². The van der Waals surface area contributed by atoms with Crippen molar-refractivity contribution >= 4 is 0 Å². The zero-order valence-electron chi connectivity index (χ0n) is 5.54. The van der Waals surface area contributed by atoms with Gasteiger partial charge in [0.2, 0.25) is 0 Å². The van der Waals surface area contributed by atoms with Gasteiger partial charge in [-0.2, -0.15) is 10.2 Å². The van der Waals surface area contributed by atoms with Crippen molar-refractivity contribution in [2.24, 2.45) is 0 Å². The molecule has 0 atom stereocenters. The first-order valence-electron chi connectivity index (χ1n) is 2.64. The summed E-state index contributed by atoms with van der Waals surface area (Å²) >= 11 is 0. The Hall–Kier alpha value is -1.18. The van der Waals surface area contributed by atoms with E-state index >= 15 is 0 Å². The van der Waals surface area contributed by atoms with E-state index in [0.717, 1.165) is 5.69 Å². The Labute approximate surface area is 55.3 Å². The maximum atomic E-state index is 3.73. The summed E-state index contributed by atoms with van der Waals surface area (Å²) in [6, 6.07) is 3.77. The standard InChI is InChI=1S/C5H6N2.C2H4/c1-5-3-2-4-6-7-5;1-2/h2-4H,1H3;1-2H2. The predicted octanol–water partition coefficient (Wildman–Crippen LogP) is 1.59. The molecule has 48 valence electrons. The van der Waals surface area contributed by atoms with Crippen LogP contribution in [0.4, 0.5) is 0 Å². The molecule has 9 heavy (non-hydrogen) atoms. The zero-order valence-corrected chi connectivity index (χ0v) is 5.54. The van der Waals surface area contributed by atoms with Crippen LogP contribution in [0.1, 0.15) is 5.69 Å². The molecule has 0 aromatic carbocycles. The Morgan fingerprint density at radius 2 is 2.11 bits per heavy atom. The molecule has 1 heterocycles. The molecule has 0 saturated carbocycles. The lowest BCUT2D eigenvalue weighted by atomic mass is 10.4. The minimum absolute atomic E-state index is 0.961. The average molecular weight is 122 g/mol. The van der Waals surface area contributed by atoms with E-state index in [-0.39, 0.29) is 0 Å². The van der Waals surface area contributed by atoms with E-state index in [9.17, 15) is 0 Å². The SMILES string of the molecule is C=C.Cc1cccnn1. The molecule has 0 amide bonds. The van der Waals surface area contributed by atoms with Gasteiger partial charge in [0.1, 0.15) is 0 Å². The Kier molecular flexibility index (Phi) is 4.32. The molecular formula is C7H10N2. The fourth-order valence-corrected chi connectivity index (χ4v) is 0.379. The van der Waals surface area contributed by atoms with Gasteiger partial charge in [0, 0.05) is 6.20 Å². The largest absolute Gasteiger partial charge is 0.159 e. The third-order valence-corrected chi connectivity index (χ3v) is 0.706. The smallest absolute Gasteiger partial charge is 0.0600 e. The van der Waals surface area contributed by atoms with Gasteiger partial charge in [0.05, 0.1) is 5.69 Å². The van der Waals surface area contributed by atoms with E-state index in [1.165, 1.54) is 0 Å². The molecule has 0 aliphatic carbocycles. The van der Waals surface area contributed by atoms with Crippen molar-refractivity contribution in [3.63, 3.8) is 0 Å². The molecule has 1 aromatic heterocycles. The van der Waals surface area contributed by atoms with Crippen molar-refractivity contribution in [1.29, 1.82) is 0 Å². The second-order valence-electron chi connectivity index (χ2n) is 1.37. The summed E-state index contributed by atoms with van der Waals surface area (Å²) in [5, 5.41) is 7.36. The number of aryl methyl sites for hydroxylation is 1. The van der Waals surface area contributed by atoms with E-state index in [1.54, 1.807) is 6.20 Å². The highest BCUT2D eigenvalue weighted by molar-refractivity contribution is 4.94. The van der Waals surface area contributed by atoms with Crippen LogP contribution in [-0.2, 0) is 0 Å². The zero-order chi connectivity index (χ0) is 7.11. The Morgan fingerprint density at radius 3 is 2.33 bits per heavy atom. The molecule has 0 fully saturated rings. The summed E-state index contributed by atoms with van der Waals surface area (Å²) in [6.07, 6.45) is 1.66. The highest BCUT2D eigenvalue weighted by Crippen LogP contribution is 1.82. The van der Waals surface area contributed by atoms with Crippen molar-refractivity contribution < 1.29 is 0 Å². The summed E-state index contributed by atoms with van der Waals surface area (Å²) in [7, 11) is 0. The summed E-state index contributed by atoms with van der Waals surface area (Å²) in [4.78, 5) is 0. The molecule has 1 aromatic rings. The topological polar surface area (TPSA) is 25.8 Å². The maximum Gasteiger partial charge on any atom is 0.0600 e. The molecule has 2 nitrogen and oxygen atoms in total. The fourth-order valence-electron chi connectivity index (χ4n) is 0.379. The molecule has 0 N–H and O–H groups in total. The van der Waals surface area contributed by atoms with Crippen LogP contribution in [0.5, 0.6) is 0 Å². The van der Waals surface area contributed by atoms with E-state index in [4.69, 9.17) is 0 Å². The Morgan fingerprint density at radius 1 is 1.44 bits per heavy atom. The van der Waals surface area contributed by atoms with Crippen LogP contribution in [0, 0.1) is 6.92 Å². The first kappa shape index (κ1) is 7.82. The van der Waals surface area contributed by atoms with Crippen LogP contribution < -0.4 is 0 Å². The predicted molar refractivity (Wildman–Crippen MR) is 38.0 cm³/mol. The molecule has 0 radical (unpaired) electrons. The lowest BCUT2D eigenvalue weighted by Crippen LogP contribution is -1.79. The normalized spacial score (nSPS) is 7.22. The van der Waals surface area contributed by atoms with Crippen LogP contribution in [0.2, 0.25) is 0 Å². The van der Waals surface area contributed by atoms with Crippen LogP contribution in [0.25, 0.3) is 0 Å². The molecule has 0 spiro atoms. The monoisotopic (exact) mass is 122 g/mol. The minimum Gasteiger partial charge on any atom is -0.159 e. The molecular weight excluding hydrogens is 112 g/mol. The highest BCUT2D eigenvalue weighted by atomic mass is 15.1. The van der Waals surface area contributed by atoms with Crippen molar-refractivity contribution in [3.05, 3.63) is 37.2 Å². The molecule has 0 aliphatic rings. The van der Waals surface area contributed by atoms with E-state index in [2.05, 4.69) is 23.4 Å². The lowest BCUT2D eigenvalue weighted by Gasteiger charge is -1.80. The van der Waals surface area contributed by atoms with Crippen molar-refractivity contribution in [2.45, 2.75) is 6.92 Å². The second kappa shape index (κ2) is 4.97. The molecule has 1 rings (SSSR count). The molecule has 0 aliphatic heterocycles. The van der Waals surface area contributed by atoms with Crippen LogP contribution >= 0.6 is 0 Å². The second-order valence-corrected chi connectivity index (χ2v) is 1.37. The quantitative estimate of drug-likeness (QED) is 0.488. The van der Waals surface area contributed by atoms with E-state index in [1.807, 2.05) is 19.1 Å². The summed E-state index contributed by atoms with van der Waals surface area (Å²) in [5.74, 6) is 0. The first-order valence-corrected chi connectivity index (χ1v) is 2.64. The molecule has 0 unspecified atom stereocenters. The summed E-state index contributed by atoms with van der Waals surface area (Å²) in [5.41, 5.74) is 0.961.